The largest absolute Gasteiger partial charge is 0.504 e. The number of allylic oxidation sites excluding steroid dienone is 2. The van der Waals surface area contributed by atoms with Crippen LogP contribution in [0.25, 0.3) is 0 Å². The van der Waals surface area contributed by atoms with Gasteiger partial charge in [-0.1, -0.05) is 154 Å². The van der Waals surface area contributed by atoms with Gasteiger partial charge in [0.25, 0.3) is 0 Å². The zero-order valence-electron chi connectivity index (χ0n) is 38.7. The van der Waals surface area contributed by atoms with Crippen molar-refractivity contribution in [2.24, 2.45) is 0 Å². The number of carbonyl (C=O) groups is 1. The van der Waals surface area contributed by atoms with Gasteiger partial charge in [-0.2, -0.15) is 26.3 Å². The number of sulfone groups is 2. The molecule has 0 bridgehead atoms. The number of Topliss-reactive ketones (excluding diaryl/α,β-unsaturated/α-hetero) is 1. The van der Waals surface area contributed by atoms with Gasteiger partial charge in [-0.25, -0.2) is 16.8 Å². The molecule has 65 heavy (non-hydrogen) atoms. The van der Waals surface area contributed by atoms with Crippen LogP contribution in [0.3, 0.4) is 0 Å². The predicted molar refractivity (Wildman–Crippen MR) is 245 cm³/mol. The van der Waals surface area contributed by atoms with Crippen LogP contribution in [0.5, 0.6) is 11.5 Å². The SMILES string of the molecule is CCCCCCCCCCCCS(=O)(=O)CCOc1ccc(C/C=C(\O)C(F)(F)F)cc1.CCCCCCCCCCCCS(=O)(=O)CCOc1ccc(CCC(=O)C(F)(F)F)cc1.[Ac]. The van der Waals surface area contributed by atoms with Crippen LogP contribution in [0.15, 0.2) is 60.4 Å². The maximum absolute atomic E-state index is 12.3. The first-order chi connectivity index (χ1) is 30.3. The maximum Gasteiger partial charge on any atom is 0.449 e. The number of alkyl halides is 6. The monoisotopic (exact) mass is 1180 g/mol. The van der Waals surface area contributed by atoms with E-state index in [0.717, 1.165) is 38.5 Å². The summed E-state index contributed by atoms with van der Waals surface area (Å²) >= 11 is 0. The van der Waals surface area contributed by atoms with E-state index in [4.69, 9.17) is 14.6 Å². The third-order valence-corrected chi connectivity index (χ3v) is 14.0. The molecule has 1 radical (unpaired) electrons. The molecule has 0 saturated heterocycles. The van der Waals surface area contributed by atoms with Crippen LogP contribution in [0.4, 0.5) is 26.3 Å². The summed E-state index contributed by atoms with van der Waals surface area (Å²) in [4.78, 5) is 10.9. The first-order valence-corrected chi connectivity index (χ1v) is 26.8. The molecule has 0 unspecified atom stereocenters. The summed E-state index contributed by atoms with van der Waals surface area (Å²) in [5, 5.41) is 8.90. The van der Waals surface area contributed by atoms with E-state index in [9.17, 15) is 48.0 Å². The summed E-state index contributed by atoms with van der Waals surface area (Å²) in [6.07, 6.45) is 13.4. The Morgan fingerprint density at radius 3 is 1.20 bits per heavy atom. The number of hydrogen-bond donors (Lipinski definition) is 1. The molecule has 17 heteroatoms. The second kappa shape index (κ2) is 36.2. The first kappa shape index (κ1) is 63.2. The molecule has 0 spiro atoms. The molecule has 0 aliphatic rings. The average molecular weight is 1180 g/mol. The Hall–Kier alpha value is -1.83. The number of aliphatic hydroxyl groups excluding tert-OH is 1. The van der Waals surface area contributed by atoms with Crippen molar-refractivity contribution < 1.29 is 107 Å². The Kier molecular flexibility index (Phi) is 35.2. The van der Waals surface area contributed by atoms with E-state index >= 15 is 0 Å². The molecule has 0 atom stereocenters. The van der Waals surface area contributed by atoms with Crippen molar-refractivity contribution in [3.05, 3.63) is 71.5 Å². The van der Waals surface area contributed by atoms with E-state index in [1.807, 2.05) is 0 Å². The molecular weight excluding hydrogens is 1110 g/mol. The van der Waals surface area contributed by atoms with Crippen LogP contribution in [-0.2, 0) is 37.3 Å². The van der Waals surface area contributed by atoms with Crippen molar-refractivity contribution in [1.82, 2.24) is 0 Å². The molecular formula is C48H74AcF6O8S2. The van der Waals surface area contributed by atoms with E-state index in [1.165, 1.54) is 77.0 Å². The Bertz CT molecular complexity index is 1770. The number of unbranched alkanes of at least 4 members (excludes halogenated alkanes) is 18. The standard InChI is InChI=1S/2C24H37F3O4S.Ac/c2*1-2-3-4-5-6-7-8-9-10-11-19-32(29,30)20-18-31-22-15-12-21(13-16-22)14-17-23(28)24(25,26)27;/h12-13,15-16H,2-11,14,17-20H2,1H3;12-13,15-17,28H,2-11,14,18-20H2,1H3;/b;23-17-;. The number of ketones is 1. The van der Waals surface area contributed by atoms with Gasteiger partial charge in [-0.3, -0.25) is 4.79 Å². The third-order valence-electron chi connectivity index (χ3n) is 10.6. The van der Waals surface area contributed by atoms with E-state index in [1.54, 1.807) is 48.5 Å². The first-order valence-electron chi connectivity index (χ1n) is 23.2. The molecule has 8 nitrogen and oxygen atoms in total. The number of rotatable bonds is 35. The Labute approximate surface area is 421 Å². The zero-order valence-corrected chi connectivity index (χ0v) is 45.0. The summed E-state index contributed by atoms with van der Waals surface area (Å²) in [6.45, 7) is 4.48. The van der Waals surface area contributed by atoms with Crippen molar-refractivity contribution in [3.8, 4) is 11.5 Å². The summed E-state index contributed by atoms with van der Waals surface area (Å²) < 4.78 is 133. The van der Waals surface area contributed by atoms with Crippen molar-refractivity contribution in [2.75, 3.05) is 36.2 Å². The molecule has 0 aromatic heterocycles. The molecule has 0 heterocycles. The fourth-order valence-corrected chi connectivity index (χ4v) is 8.97. The Morgan fingerprint density at radius 1 is 0.523 bits per heavy atom. The van der Waals surface area contributed by atoms with E-state index in [2.05, 4.69) is 13.8 Å². The quantitative estimate of drug-likeness (QED) is 0.0411. The van der Waals surface area contributed by atoms with Crippen LogP contribution in [0.1, 0.15) is 160 Å². The molecule has 0 aliphatic heterocycles. The second-order valence-corrected chi connectivity index (χ2v) is 21.0. The van der Waals surface area contributed by atoms with Crippen LogP contribution >= 0.6 is 0 Å². The van der Waals surface area contributed by atoms with E-state index in [0.29, 0.717) is 41.5 Å². The van der Waals surface area contributed by atoms with E-state index < -0.39 is 50.0 Å². The minimum atomic E-state index is -4.80. The van der Waals surface area contributed by atoms with Gasteiger partial charge in [0.15, 0.2) is 25.4 Å². The van der Waals surface area contributed by atoms with Crippen molar-refractivity contribution >= 4 is 25.5 Å². The van der Waals surface area contributed by atoms with Gasteiger partial charge in [-0.05, 0) is 67.2 Å². The number of hydrogen-bond acceptors (Lipinski definition) is 8. The van der Waals surface area contributed by atoms with Crippen LogP contribution in [-0.4, -0.2) is 76.3 Å². The van der Waals surface area contributed by atoms with Crippen LogP contribution < -0.4 is 9.47 Å². The molecule has 2 aromatic carbocycles. The van der Waals surface area contributed by atoms with Crippen LogP contribution in [0.2, 0.25) is 0 Å². The van der Waals surface area contributed by atoms with Gasteiger partial charge in [0.1, 0.15) is 24.7 Å². The van der Waals surface area contributed by atoms with Crippen molar-refractivity contribution in [2.45, 2.75) is 174 Å². The van der Waals surface area contributed by atoms with Crippen molar-refractivity contribution in [3.63, 3.8) is 0 Å². The van der Waals surface area contributed by atoms with Gasteiger partial charge in [0.2, 0.25) is 5.78 Å². The molecule has 2 rings (SSSR count). The number of carbonyl (C=O) groups excluding carboxylic acids is 1. The van der Waals surface area contributed by atoms with Gasteiger partial charge in [0, 0.05) is 50.5 Å². The fraction of sp³-hybridized carbons (Fsp3) is 0.688. The number of aliphatic hydroxyl groups is 1. The van der Waals surface area contributed by atoms with Gasteiger partial charge in [0.05, 0.1) is 23.0 Å². The van der Waals surface area contributed by atoms with E-state index in [-0.39, 0.29) is 93.1 Å². The molecule has 1 N–H and O–H groups in total. The zero-order chi connectivity index (χ0) is 47.7. The number of halogens is 6. The minimum absolute atomic E-state index is 0. The summed E-state index contributed by atoms with van der Waals surface area (Å²) in [5.74, 6) is -2.26. The number of ether oxygens (including phenoxy) is 2. The average Bonchev–Trinajstić information content (AvgIpc) is 3.23. The summed E-state index contributed by atoms with van der Waals surface area (Å²) in [5.41, 5.74) is 1.16. The minimum Gasteiger partial charge on any atom is -0.504 e. The molecule has 0 amide bonds. The Balaban J connectivity index is 0.00000124. The summed E-state index contributed by atoms with van der Waals surface area (Å²) in [7, 11) is -6.34. The number of aryl methyl sites for hydroxylation is 1. The molecule has 0 fully saturated rings. The normalized spacial score (nSPS) is 12.3. The third kappa shape index (κ3) is 35.0. The number of benzene rings is 2. The molecule has 371 valence electrons. The maximum atomic E-state index is 12.3. The molecule has 2 aromatic rings. The molecule has 0 aliphatic carbocycles. The van der Waals surface area contributed by atoms with Gasteiger partial charge in [-0.15, -0.1) is 0 Å². The fourth-order valence-electron chi connectivity index (χ4n) is 6.60. The predicted octanol–water partition coefficient (Wildman–Crippen LogP) is 13.4. The Morgan fingerprint density at radius 2 is 0.862 bits per heavy atom. The van der Waals surface area contributed by atoms with Crippen molar-refractivity contribution in [1.29, 1.82) is 0 Å². The second-order valence-electron chi connectivity index (χ2n) is 16.4. The van der Waals surface area contributed by atoms with Gasteiger partial charge >= 0.3 is 12.4 Å². The van der Waals surface area contributed by atoms with Crippen LogP contribution in [0, 0.1) is 44.1 Å². The summed E-state index contributed by atoms with van der Waals surface area (Å²) in [6, 6.07) is 12.6. The van der Waals surface area contributed by atoms with Gasteiger partial charge < -0.3 is 14.6 Å². The molecule has 0 saturated carbocycles. The smallest absolute Gasteiger partial charge is 0.449 e. The topological polar surface area (TPSA) is 124 Å².